The number of aliphatic hydroxyl groups excluding tert-OH is 1. The summed E-state index contributed by atoms with van der Waals surface area (Å²) >= 11 is 0. The zero-order valence-electron chi connectivity index (χ0n) is 13.3. The van der Waals surface area contributed by atoms with Crippen molar-refractivity contribution in [2.45, 2.75) is 37.8 Å². The number of halogens is 6. The maximum atomic E-state index is 13.2. The number of carbonyl (C=O) groups excluding carboxylic acids is 1. The van der Waals surface area contributed by atoms with Crippen LogP contribution in [0, 0.1) is 0 Å². The highest BCUT2D eigenvalue weighted by Crippen LogP contribution is 2.39. The number of hydrogen-bond acceptors (Lipinski definition) is 4. The number of pyridine rings is 1. The van der Waals surface area contributed by atoms with E-state index in [4.69, 9.17) is 5.73 Å². The molecule has 4 nitrogen and oxygen atoms in total. The summed E-state index contributed by atoms with van der Waals surface area (Å²) in [7, 11) is 0. The van der Waals surface area contributed by atoms with Crippen molar-refractivity contribution < 1.29 is 36.2 Å². The minimum atomic E-state index is -5.04. The lowest BCUT2D eigenvalue weighted by Gasteiger charge is -2.22. The van der Waals surface area contributed by atoms with Gasteiger partial charge < -0.3 is 10.8 Å². The largest absolute Gasteiger partial charge is 0.433 e. The average molecular weight is 380 g/mol. The predicted octanol–water partition coefficient (Wildman–Crippen LogP) is 3.61. The van der Waals surface area contributed by atoms with Crippen molar-refractivity contribution in [1.82, 2.24) is 4.98 Å². The molecule has 1 aromatic heterocycles. The molecule has 0 aliphatic carbocycles. The molecule has 0 saturated carbocycles. The summed E-state index contributed by atoms with van der Waals surface area (Å²) in [4.78, 5) is 14.2. The number of fused-ring (bicyclic) bond motifs is 1. The molecule has 0 radical (unpaired) electrons. The van der Waals surface area contributed by atoms with Gasteiger partial charge in [-0.15, -0.1) is 0 Å². The molecule has 0 aliphatic heterocycles. The van der Waals surface area contributed by atoms with Crippen LogP contribution in [0.3, 0.4) is 0 Å². The molecule has 26 heavy (non-hydrogen) atoms. The minimum Gasteiger partial charge on any atom is -0.387 e. The molecule has 3 N–H and O–H groups in total. The van der Waals surface area contributed by atoms with E-state index in [9.17, 15) is 36.2 Å². The number of benzene rings is 1. The van der Waals surface area contributed by atoms with Gasteiger partial charge in [0.25, 0.3) is 0 Å². The Balaban J connectivity index is 2.78. The third-order valence-electron chi connectivity index (χ3n) is 3.71. The van der Waals surface area contributed by atoms with Gasteiger partial charge in [-0.3, -0.25) is 4.79 Å². The first-order valence-electron chi connectivity index (χ1n) is 7.33. The molecule has 2 atom stereocenters. The van der Waals surface area contributed by atoms with E-state index in [0.29, 0.717) is 12.1 Å². The van der Waals surface area contributed by atoms with Crippen LogP contribution in [0.25, 0.3) is 10.9 Å². The van der Waals surface area contributed by atoms with Crippen molar-refractivity contribution >= 4 is 16.7 Å². The van der Waals surface area contributed by atoms with Crippen LogP contribution in [0.15, 0.2) is 24.3 Å². The number of aliphatic hydroxyl groups is 1. The molecular formula is C16H14F6N2O2. The number of nitrogens with two attached hydrogens (primary N) is 1. The van der Waals surface area contributed by atoms with Crippen LogP contribution in [0.4, 0.5) is 26.3 Å². The quantitative estimate of drug-likeness (QED) is 0.795. The molecule has 10 heteroatoms. The standard InChI is InChI=1S/C16H14F6N2O2/c1-7(25)5-11(23)14(26)9-6-12(16(20,21)22)24-13-8(9)3-2-4-10(13)15(17,18)19/h2-4,6,11,14,26H,5,23H2,1H3. The van der Waals surface area contributed by atoms with Gasteiger partial charge in [0.2, 0.25) is 0 Å². The highest BCUT2D eigenvalue weighted by Gasteiger charge is 2.38. The molecule has 142 valence electrons. The van der Waals surface area contributed by atoms with Crippen molar-refractivity contribution in [2.24, 2.45) is 5.73 Å². The number of nitrogens with zero attached hydrogens (tertiary/aromatic N) is 1. The minimum absolute atomic E-state index is 0.320. The molecule has 1 aromatic carbocycles. The van der Waals surface area contributed by atoms with Gasteiger partial charge in [0.15, 0.2) is 0 Å². The molecule has 2 rings (SSSR count). The lowest BCUT2D eigenvalue weighted by Crippen LogP contribution is -2.31. The van der Waals surface area contributed by atoms with Gasteiger partial charge >= 0.3 is 12.4 Å². The number of rotatable bonds is 4. The first-order valence-corrected chi connectivity index (χ1v) is 7.33. The Morgan fingerprint density at radius 3 is 2.31 bits per heavy atom. The van der Waals surface area contributed by atoms with Crippen LogP contribution in [0.1, 0.15) is 36.3 Å². The monoisotopic (exact) mass is 380 g/mol. The summed E-state index contributed by atoms with van der Waals surface area (Å²) in [5.41, 5.74) is 1.26. The van der Waals surface area contributed by atoms with E-state index in [1.165, 1.54) is 6.92 Å². The number of carbonyl (C=O) groups is 1. The Labute approximate surface area is 143 Å². The highest BCUT2D eigenvalue weighted by molar-refractivity contribution is 5.86. The maximum absolute atomic E-state index is 13.2. The average Bonchev–Trinajstić information content (AvgIpc) is 2.49. The summed E-state index contributed by atoms with van der Waals surface area (Å²) in [6.07, 6.45) is -12.1. The third kappa shape index (κ3) is 4.13. The summed E-state index contributed by atoms with van der Waals surface area (Å²) in [5, 5.41) is 9.95. The van der Waals surface area contributed by atoms with Crippen molar-refractivity contribution in [3.63, 3.8) is 0 Å². The highest BCUT2D eigenvalue weighted by atomic mass is 19.4. The SMILES string of the molecule is CC(=O)CC(N)C(O)c1cc(C(F)(F)F)nc2c(C(F)(F)F)cccc12. The Kier molecular flexibility index (Phi) is 5.29. The van der Waals surface area contributed by atoms with Gasteiger partial charge in [-0.05, 0) is 24.6 Å². The third-order valence-corrected chi connectivity index (χ3v) is 3.71. The zero-order valence-corrected chi connectivity index (χ0v) is 13.3. The fourth-order valence-electron chi connectivity index (χ4n) is 2.57. The number of hydrogen-bond donors (Lipinski definition) is 2. The van der Waals surface area contributed by atoms with E-state index < -0.39 is 52.6 Å². The van der Waals surface area contributed by atoms with Crippen LogP contribution >= 0.6 is 0 Å². The molecule has 0 spiro atoms. The Morgan fingerprint density at radius 1 is 1.19 bits per heavy atom. The maximum Gasteiger partial charge on any atom is 0.433 e. The normalized spacial score (nSPS) is 15.1. The fraction of sp³-hybridized carbons (Fsp3) is 0.375. The second-order valence-electron chi connectivity index (χ2n) is 5.81. The molecule has 0 bridgehead atoms. The van der Waals surface area contributed by atoms with Crippen molar-refractivity contribution in [1.29, 1.82) is 0 Å². The summed E-state index contributed by atoms with van der Waals surface area (Å²) in [5.74, 6) is -0.429. The first kappa shape index (κ1) is 20.1. The summed E-state index contributed by atoms with van der Waals surface area (Å²) in [6.45, 7) is 1.17. The van der Waals surface area contributed by atoms with Gasteiger partial charge in [0, 0.05) is 17.8 Å². The van der Waals surface area contributed by atoms with Crippen LogP contribution in [0.5, 0.6) is 0 Å². The van der Waals surface area contributed by atoms with Gasteiger partial charge in [0.1, 0.15) is 11.5 Å². The van der Waals surface area contributed by atoms with E-state index in [2.05, 4.69) is 4.98 Å². The van der Waals surface area contributed by atoms with Gasteiger partial charge in [-0.25, -0.2) is 4.98 Å². The summed E-state index contributed by atoms with van der Waals surface area (Å²) in [6, 6.07) is 1.87. The van der Waals surface area contributed by atoms with Gasteiger partial charge in [-0.2, -0.15) is 26.3 Å². The molecule has 2 unspecified atom stereocenters. The Hall–Kier alpha value is -2.20. The van der Waals surface area contributed by atoms with E-state index in [0.717, 1.165) is 12.1 Å². The molecule has 1 heterocycles. The van der Waals surface area contributed by atoms with Gasteiger partial charge in [0.05, 0.1) is 17.2 Å². The molecule has 0 fully saturated rings. The van der Waals surface area contributed by atoms with E-state index in [1.807, 2.05) is 0 Å². The van der Waals surface area contributed by atoms with E-state index in [1.54, 1.807) is 0 Å². The molecule has 0 aliphatic rings. The smallest absolute Gasteiger partial charge is 0.387 e. The number of Topliss-reactive ketones (excluding diaryl/α,β-unsaturated/α-hetero) is 1. The zero-order chi connectivity index (χ0) is 19.9. The van der Waals surface area contributed by atoms with Crippen LogP contribution in [-0.2, 0) is 17.1 Å². The molecule has 2 aromatic rings. The van der Waals surface area contributed by atoms with Crippen molar-refractivity contribution in [3.05, 3.63) is 41.1 Å². The lowest BCUT2D eigenvalue weighted by atomic mass is 9.94. The second-order valence-corrected chi connectivity index (χ2v) is 5.81. The number of alkyl halides is 6. The topological polar surface area (TPSA) is 76.2 Å². The predicted molar refractivity (Wildman–Crippen MR) is 80.0 cm³/mol. The number of ketones is 1. The first-order chi connectivity index (χ1) is 11.8. The number of para-hydroxylation sites is 1. The van der Waals surface area contributed by atoms with E-state index >= 15 is 0 Å². The number of aromatic nitrogens is 1. The van der Waals surface area contributed by atoms with E-state index in [-0.39, 0.29) is 11.8 Å². The van der Waals surface area contributed by atoms with Crippen LogP contribution in [0.2, 0.25) is 0 Å². The van der Waals surface area contributed by atoms with Crippen molar-refractivity contribution in [3.8, 4) is 0 Å². The molecular weight excluding hydrogens is 366 g/mol. The van der Waals surface area contributed by atoms with Gasteiger partial charge in [-0.1, -0.05) is 12.1 Å². The summed E-state index contributed by atoms with van der Waals surface area (Å²) < 4.78 is 78.7. The fourth-order valence-corrected chi connectivity index (χ4v) is 2.57. The molecule has 0 saturated heterocycles. The van der Waals surface area contributed by atoms with Crippen LogP contribution < -0.4 is 5.73 Å². The van der Waals surface area contributed by atoms with Crippen molar-refractivity contribution in [2.75, 3.05) is 0 Å². The van der Waals surface area contributed by atoms with Crippen LogP contribution in [-0.4, -0.2) is 21.9 Å². The second kappa shape index (κ2) is 6.84. The molecule has 0 amide bonds. The lowest BCUT2D eigenvalue weighted by molar-refractivity contribution is -0.142. The Bertz CT molecular complexity index is 832. The Morgan fingerprint density at radius 2 is 1.81 bits per heavy atom.